The molecular formula is C27H43Cl2O4P. The van der Waals surface area contributed by atoms with E-state index in [1.165, 1.54) is 0 Å². The Morgan fingerprint density at radius 2 is 1.35 bits per heavy atom. The van der Waals surface area contributed by atoms with Gasteiger partial charge in [0.25, 0.3) is 0 Å². The van der Waals surface area contributed by atoms with Crippen LogP contribution in [0.15, 0.2) is 18.2 Å². The van der Waals surface area contributed by atoms with Crippen LogP contribution in [0.2, 0.25) is 10.0 Å². The maximum atomic E-state index is 14.7. The third-order valence-corrected chi connectivity index (χ3v) is 10.6. The van der Waals surface area contributed by atoms with Crippen molar-refractivity contribution >= 4 is 30.8 Å². The van der Waals surface area contributed by atoms with E-state index >= 15 is 0 Å². The van der Waals surface area contributed by atoms with Gasteiger partial charge in [-0.15, -0.1) is 0 Å². The first-order valence-corrected chi connectivity index (χ1v) is 15.4. The van der Waals surface area contributed by atoms with Gasteiger partial charge in [-0.2, -0.15) is 0 Å². The summed E-state index contributed by atoms with van der Waals surface area (Å²) in [6.45, 7) is 13.2. The summed E-state index contributed by atoms with van der Waals surface area (Å²) in [5, 5.41) is 12.2. The lowest BCUT2D eigenvalue weighted by molar-refractivity contribution is -0.0153. The summed E-state index contributed by atoms with van der Waals surface area (Å²) < 4.78 is 27.6. The minimum atomic E-state index is -3.99. The second-order valence-corrected chi connectivity index (χ2v) is 14.4. The second kappa shape index (κ2) is 12.0. The molecule has 0 amide bonds. The zero-order valence-electron chi connectivity index (χ0n) is 21.5. The van der Waals surface area contributed by atoms with Crippen LogP contribution in [0, 0.1) is 35.5 Å². The molecule has 0 heterocycles. The van der Waals surface area contributed by atoms with Crippen molar-refractivity contribution in [2.24, 2.45) is 35.5 Å². The average molecular weight is 534 g/mol. The molecule has 1 N–H and O–H groups in total. The lowest BCUT2D eigenvalue weighted by Gasteiger charge is -2.42. The highest BCUT2D eigenvalue weighted by Crippen LogP contribution is 2.65. The van der Waals surface area contributed by atoms with Crippen LogP contribution in [0.3, 0.4) is 0 Å². The molecule has 1 aromatic carbocycles. The largest absolute Gasteiger partial charge is 0.376 e. The molecule has 0 spiro atoms. The molecule has 0 bridgehead atoms. The van der Waals surface area contributed by atoms with Crippen molar-refractivity contribution in [1.82, 2.24) is 0 Å². The van der Waals surface area contributed by atoms with Crippen LogP contribution in [0.5, 0.6) is 0 Å². The van der Waals surface area contributed by atoms with Gasteiger partial charge in [0.1, 0.15) is 0 Å². The van der Waals surface area contributed by atoms with Crippen LogP contribution in [0.4, 0.5) is 0 Å². The van der Waals surface area contributed by atoms with E-state index in [0.717, 1.165) is 38.5 Å². The molecule has 3 rings (SSSR count). The van der Waals surface area contributed by atoms with Crippen molar-refractivity contribution in [2.75, 3.05) is 0 Å². The van der Waals surface area contributed by atoms with Gasteiger partial charge in [0, 0.05) is 15.6 Å². The van der Waals surface area contributed by atoms with E-state index in [0.29, 0.717) is 34.3 Å². The van der Waals surface area contributed by atoms with Gasteiger partial charge in [-0.1, -0.05) is 83.7 Å². The van der Waals surface area contributed by atoms with E-state index in [-0.39, 0.29) is 29.1 Å². The number of hydrogen-bond acceptors (Lipinski definition) is 4. The first-order chi connectivity index (χ1) is 15.9. The standard InChI is InChI=1S/C27H43Cl2O4P/c1-16(2)21-10-7-18(5)13-25(21)32-34(31,27(30)23-12-9-20(28)15-24(23)29)33-26-14-19(6)8-11-22(26)17(3)4/h9,12,15-19,21-22,25-27,30H,7-8,10-11,13-14H2,1-6H3/t18-,19+,21-,22-,25-,26-,27+,34?/m1/s1. The molecule has 0 radical (unpaired) electrons. The van der Waals surface area contributed by atoms with E-state index in [2.05, 4.69) is 41.5 Å². The van der Waals surface area contributed by atoms with Crippen LogP contribution in [0.1, 0.15) is 91.5 Å². The molecule has 0 aromatic heterocycles. The third kappa shape index (κ3) is 6.81. The molecule has 7 heteroatoms. The highest BCUT2D eigenvalue weighted by molar-refractivity contribution is 7.54. The number of hydrogen-bond donors (Lipinski definition) is 1. The Bertz CT molecular complexity index is 823. The minimum absolute atomic E-state index is 0.228. The van der Waals surface area contributed by atoms with Crippen LogP contribution >= 0.6 is 30.8 Å². The average Bonchev–Trinajstić information content (AvgIpc) is 2.73. The van der Waals surface area contributed by atoms with Gasteiger partial charge in [-0.05, 0) is 73.3 Å². The predicted molar refractivity (Wildman–Crippen MR) is 141 cm³/mol. The summed E-state index contributed by atoms with van der Waals surface area (Å²) in [6.07, 6.45) is 5.48. The fourth-order valence-electron chi connectivity index (χ4n) is 5.87. The summed E-state index contributed by atoms with van der Waals surface area (Å²) in [5.41, 5.74) is 0.337. The number of benzene rings is 1. The third-order valence-electron chi connectivity index (χ3n) is 8.03. The lowest BCUT2D eigenvalue weighted by Crippen LogP contribution is -2.37. The zero-order valence-corrected chi connectivity index (χ0v) is 24.0. The maximum absolute atomic E-state index is 14.7. The second-order valence-electron chi connectivity index (χ2n) is 11.5. The van der Waals surface area contributed by atoms with Crippen molar-refractivity contribution in [2.45, 2.75) is 98.1 Å². The molecule has 2 fully saturated rings. The van der Waals surface area contributed by atoms with Crippen LogP contribution in [-0.2, 0) is 13.6 Å². The van der Waals surface area contributed by atoms with Crippen LogP contribution < -0.4 is 0 Å². The van der Waals surface area contributed by atoms with Gasteiger partial charge in [0.2, 0.25) is 0 Å². The number of rotatable bonds is 8. The summed E-state index contributed by atoms with van der Waals surface area (Å²) in [5.74, 6) is 0.804. The summed E-state index contributed by atoms with van der Waals surface area (Å²) in [4.78, 5) is 0. The number of aliphatic hydroxyl groups is 1. The Labute approximate surface area is 216 Å². The van der Waals surface area contributed by atoms with Crippen LogP contribution in [0.25, 0.3) is 0 Å². The Morgan fingerprint density at radius 1 is 0.882 bits per heavy atom. The van der Waals surface area contributed by atoms with Gasteiger partial charge in [0.15, 0.2) is 5.85 Å². The summed E-state index contributed by atoms with van der Waals surface area (Å²) in [7, 11) is -3.99. The molecule has 2 aliphatic carbocycles. The molecular weight excluding hydrogens is 490 g/mol. The Morgan fingerprint density at radius 3 is 1.76 bits per heavy atom. The SMILES string of the molecule is CC(C)[C@H]1CC[C@@H](C)C[C@H]1OP(=O)(O[C@@H]1C[C@@H](C)CC[C@@H]1C(C)C)[C@H](O)c1ccc(Cl)cc1Cl. The molecule has 4 nitrogen and oxygen atoms in total. The monoisotopic (exact) mass is 532 g/mol. The van der Waals surface area contributed by atoms with Gasteiger partial charge < -0.3 is 14.2 Å². The molecule has 0 saturated heterocycles. The fourth-order valence-corrected chi connectivity index (χ4v) is 8.54. The van der Waals surface area contributed by atoms with Gasteiger partial charge in [-0.25, -0.2) is 0 Å². The molecule has 194 valence electrons. The first kappa shape index (κ1) is 28.5. The molecule has 2 saturated carbocycles. The Kier molecular flexibility index (Phi) is 10.0. The smallest absolute Gasteiger partial charge is 0.364 e. The van der Waals surface area contributed by atoms with E-state index in [1.807, 2.05) is 0 Å². The normalized spacial score (nSPS) is 33.1. The quantitative estimate of drug-likeness (QED) is 0.339. The molecule has 34 heavy (non-hydrogen) atoms. The van der Waals surface area contributed by atoms with Crippen molar-refractivity contribution in [3.05, 3.63) is 33.8 Å². The molecule has 1 unspecified atom stereocenters. The van der Waals surface area contributed by atoms with Crippen molar-refractivity contribution in [3.63, 3.8) is 0 Å². The van der Waals surface area contributed by atoms with Crippen molar-refractivity contribution < 1.29 is 18.7 Å². The predicted octanol–water partition coefficient (Wildman–Crippen LogP) is 9.13. The molecule has 0 aliphatic heterocycles. The molecule has 2 aliphatic rings. The van der Waals surface area contributed by atoms with Gasteiger partial charge in [0.05, 0.1) is 12.2 Å². The highest BCUT2D eigenvalue weighted by atomic mass is 35.5. The van der Waals surface area contributed by atoms with E-state index in [1.54, 1.807) is 18.2 Å². The van der Waals surface area contributed by atoms with E-state index in [9.17, 15) is 9.67 Å². The minimum Gasteiger partial charge on any atom is -0.376 e. The fraction of sp³-hybridized carbons (Fsp3) is 0.778. The Hall–Kier alpha value is -0.0900. The van der Waals surface area contributed by atoms with Crippen LogP contribution in [-0.4, -0.2) is 17.3 Å². The lowest BCUT2D eigenvalue weighted by atomic mass is 9.75. The van der Waals surface area contributed by atoms with Crippen molar-refractivity contribution in [3.8, 4) is 0 Å². The van der Waals surface area contributed by atoms with Gasteiger partial charge in [-0.3, -0.25) is 4.57 Å². The maximum Gasteiger partial charge on any atom is 0.364 e. The summed E-state index contributed by atoms with van der Waals surface area (Å²) >= 11 is 12.5. The first-order valence-electron chi connectivity index (χ1n) is 13.0. The van der Waals surface area contributed by atoms with Crippen molar-refractivity contribution in [1.29, 1.82) is 0 Å². The Balaban J connectivity index is 1.98. The highest BCUT2D eigenvalue weighted by Gasteiger charge is 2.46. The van der Waals surface area contributed by atoms with Gasteiger partial charge >= 0.3 is 7.60 Å². The topological polar surface area (TPSA) is 55.8 Å². The summed E-state index contributed by atoms with van der Waals surface area (Å²) in [6, 6.07) is 4.84. The van der Waals surface area contributed by atoms with E-state index in [4.69, 9.17) is 32.2 Å². The van der Waals surface area contributed by atoms with E-state index < -0.39 is 13.4 Å². The molecule has 8 atom stereocenters. The number of halogens is 2. The number of aliphatic hydroxyl groups excluding tert-OH is 1. The zero-order chi connectivity index (χ0) is 25.2. The molecule has 1 aromatic rings.